The van der Waals surface area contributed by atoms with Gasteiger partial charge in [0.15, 0.2) is 0 Å². The number of anilines is 1. The first-order chi connectivity index (χ1) is 13.2. The fourth-order valence-electron chi connectivity index (χ4n) is 2.94. The zero-order chi connectivity index (χ0) is 18.6. The Kier molecular flexibility index (Phi) is 5.12. The van der Waals surface area contributed by atoms with Crippen molar-refractivity contribution in [3.8, 4) is 0 Å². The molecule has 0 saturated heterocycles. The molecule has 1 aliphatic rings. The predicted molar refractivity (Wildman–Crippen MR) is 110 cm³/mol. The van der Waals surface area contributed by atoms with Gasteiger partial charge in [0.2, 0.25) is 5.91 Å². The Bertz CT molecular complexity index is 993. The van der Waals surface area contributed by atoms with Gasteiger partial charge in [-0.2, -0.15) is 0 Å². The highest BCUT2D eigenvalue weighted by Crippen LogP contribution is 2.27. The lowest BCUT2D eigenvalue weighted by atomic mass is 10.1. The lowest BCUT2D eigenvalue weighted by Crippen LogP contribution is -2.27. The van der Waals surface area contributed by atoms with Gasteiger partial charge in [-0.15, -0.1) is 11.8 Å². The molecule has 1 aliphatic carbocycles. The zero-order valence-electron chi connectivity index (χ0n) is 14.8. The summed E-state index contributed by atoms with van der Waals surface area (Å²) in [7, 11) is 0. The van der Waals surface area contributed by atoms with Crippen molar-refractivity contribution in [1.29, 1.82) is 0 Å². The first kappa shape index (κ1) is 17.6. The molecule has 0 bridgehead atoms. The van der Waals surface area contributed by atoms with Crippen LogP contribution in [0.3, 0.4) is 0 Å². The summed E-state index contributed by atoms with van der Waals surface area (Å²) in [5, 5.41) is 8.07. The van der Waals surface area contributed by atoms with Crippen molar-refractivity contribution in [3.05, 3.63) is 72.3 Å². The Balaban J connectivity index is 1.50. The van der Waals surface area contributed by atoms with E-state index in [1.54, 1.807) is 6.07 Å². The molecule has 5 heteroatoms. The van der Waals surface area contributed by atoms with Crippen molar-refractivity contribution in [2.24, 2.45) is 0 Å². The van der Waals surface area contributed by atoms with Crippen LogP contribution in [0.1, 0.15) is 23.2 Å². The van der Waals surface area contributed by atoms with Gasteiger partial charge in [-0.25, -0.2) is 0 Å². The smallest absolute Gasteiger partial charge is 0.256 e. The Morgan fingerprint density at radius 2 is 1.67 bits per heavy atom. The lowest BCUT2D eigenvalue weighted by molar-refractivity contribution is -0.118. The largest absolute Gasteiger partial charge is 0.353 e. The second-order valence-corrected chi connectivity index (χ2v) is 7.62. The average Bonchev–Trinajstić information content (AvgIpc) is 3.51. The van der Waals surface area contributed by atoms with E-state index in [0.29, 0.717) is 17.4 Å². The zero-order valence-corrected chi connectivity index (χ0v) is 15.6. The average molecular weight is 376 g/mol. The van der Waals surface area contributed by atoms with Crippen LogP contribution in [0.2, 0.25) is 0 Å². The molecule has 0 aliphatic heterocycles. The van der Waals surface area contributed by atoms with E-state index >= 15 is 0 Å². The summed E-state index contributed by atoms with van der Waals surface area (Å²) in [5.41, 5.74) is 1.36. The number of amides is 2. The summed E-state index contributed by atoms with van der Waals surface area (Å²) in [6.07, 6.45) is 2.14. The summed E-state index contributed by atoms with van der Waals surface area (Å²) in [6.45, 7) is 0. The maximum absolute atomic E-state index is 12.9. The monoisotopic (exact) mass is 376 g/mol. The SMILES string of the molecule is O=C(CSc1ccccc1C(=O)Nc1cccc2ccccc12)NC1CC1. The Morgan fingerprint density at radius 1 is 0.926 bits per heavy atom. The molecule has 0 radical (unpaired) electrons. The molecule has 4 nitrogen and oxygen atoms in total. The van der Waals surface area contributed by atoms with E-state index in [2.05, 4.69) is 10.6 Å². The van der Waals surface area contributed by atoms with Gasteiger partial charge < -0.3 is 10.6 Å². The summed E-state index contributed by atoms with van der Waals surface area (Å²) in [4.78, 5) is 25.6. The number of rotatable bonds is 6. The highest BCUT2D eigenvalue weighted by molar-refractivity contribution is 8.00. The van der Waals surface area contributed by atoms with Gasteiger partial charge in [0.05, 0.1) is 11.3 Å². The Hall–Kier alpha value is -2.79. The molecule has 0 atom stereocenters. The minimum atomic E-state index is -0.169. The molecule has 0 spiro atoms. The molecular weight excluding hydrogens is 356 g/mol. The molecule has 1 saturated carbocycles. The van der Waals surface area contributed by atoms with Gasteiger partial charge in [-0.3, -0.25) is 9.59 Å². The normalized spacial score (nSPS) is 13.3. The van der Waals surface area contributed by atoms with Crippen LogP contribution in [-0.4, -0.2) is 23.6 Å². The van der Waals surface area contributed by atoms with Crippen LogP contribution in [0.25, 0.3) is 10.8 Å². The third-order valence-corrected chi connectivity index (χ3v) is 5.54. The number of fused-ring (bicyclic) bond motifs is 1. The van der Waals surface area contributed by atoms with Crippen LogP contribution in [0.15, 0.2) is 71.6 Å². The predicted octanol–water partition coefficient (Wildman–Crippen LogP) is 4.46. The van der Waals surface area contributed by atoms with Gasteiger partial charge in [-0.1, -0.05) is 48.5 Å². The van der Waals surface area contributed by atoms with Gasteiger partial charge in [-0.05, 0) is 36.4 Å². The summed E-state index contributed by atoms with van der Waals surface area (Å²) < 4.78 is 0. The summed E-state index contributed by atoms with van der Waals surface area (Å²) in [6, 6.07) is 21.6. The molecule has 3 aromatic rings. The first-order valence-corrected chi connectivity index (χ1v) is 9.99. The number of thioether (sulfide) groups is 1. The van der Waals surface area contributed by atoms with E-state index in [-0.39, 0.29) is 11.8 Å². The van der Waals surface area contributed by atoms with Gasteiger partial charge in [0.1, 0.15) is 0 Å². The van der Waals surface area contributed by atoms with Crippen molar-refractivity contribution in [2.75, 3.05) is 11.1 Å². The maximum Gasteiger partial charge on any atom is 0.256 e. The van der Waals surface area contributed by atoms with E-state index in [9.17, 15) is 9.59 Å². The van der Waals surface area contributed by atoms with Crippen LogP contribution in [0.4, 0.5) is 5.69 Å². The highest BCUT2D eigenvalue weighted by Gasteiger charge is 2.23. The maximum atomic E-state index is 12.9. The third kappa shape index (κ3) is 4.31. The standard InChI is InChI=1S/C22H20N2O2S/c25-21(23-16-12-13-16)14-27-20-11-4-3-9-18(20)22(26)24-19-10-5-7-15-6-1-2-8-17(15)19/h1-11,16H,12-14H2,(H,23,25)(H,24,26). The van der Waals surface area contributed by atoms with E-state index in [0.717, 1.165) is 34.2 Å². The van der Waals surface area contributed by atoms with Crippen LogP contribution < -0.4 is 10.6 Å². The Labute approximate surface area is 162 Å². The molecule has 136 valence electrons. The van der Waals surface area contributed by atoms with Crippen LogP contribution in [0, 0.1) is 0 Å². The number of nitrogens with one attached hydrogen (secondary N) is 2. The lowest BCUT2D eigenvalue weighted by Gasteiger charge is -2.12. The number of hydrogen-bond acceptors (Lipinski definition) is 3. The van der Waals surface area contributed by atoms with Crippen LogP contribution >= 0.6 is 11.8 Å². The minimum Gasteiger partial charge on any atom is -0.353 e. The number of benzene rings is 3. The molecule has 1 fully saturated rings. The number of hydrogen-bond donors (Lipinski definition) is 2. The molecule has 2 N–H and O–H groups in total. The number of carbonyl (C=O) groups is 2. The summed E-state index contributed by atoms with van der Waals surface area (Å²) in [5.74, 6) is 0.165. The quantitative estimate of drug-likeness (QED) is 0.625. The second-order valence-electron chi connectivity index (χ2n) is 6.61. The highest BCUT2D eigenvalue weighted by atomic mass is 32.2. The van der Waals surface area contributed by atoms with E-state index < -0.39 is 0 Å². The van der Waals surface area contributed by atoms with Gasteiger partial charge in [0, 0.05) is 22.0 Å². The van der Waals surface area contributed by atoms with Gasteiger partial charge in [0.25, 0.3) is 5.91 Å². The molecule has 3 aromatic carbocycles. The molecule has 0 heterocycles. The van der Waals surface area contributed by atoms with E-state index in [1.165, 1.54) is 11.8 Å². The van der Waals surface area contributed by atoms with E-state index in [1.807, 2.05) is 60.7 Å². The van der Waals surface area contributed by atoms with Crippen molar-refractivity contribution in [2.45, 2.75) is 23.8 Å². The van der Waals surface area contributed by atoms with Crippen molar-refractivity contribution < 1.29 is 9.59 Å². The molecule has 4 rings (SSSR count). The first-order valence-electron chi connectivity index (χ1n) is 9.01. The third-order valence-electron chi connectivity index (χ3n) is 4.47. The fourth-order valence-corrected chi connectivity index (χ4v) is 3.81. The fraction of sp³-hybridized carbons (Fsp3) is 0.182. The summed E-state index contributed by atoms with van der Waals surface area (Å²) >= 11 is 1.39. The van der Waals surface area contributed by atoms with Gasteiger partial charge >= 0.3 is 0 Å². The topological polar surface area (TPSA) is 58.2 Å². The van der Waals surface area contributed by atoms with Crippen LogP contribution in [0.5, 0.6) is 0 Å². The van der Waals surface area contributed by atoms with Crippen molar-refractivity contribution >= 4 is 40.0 Å². The molecule has 27 heavy (non-hydrogen) atoms. The molecule has 0 unspecified atom stereocenters. The second kappa shape index (κ2) is 7.84. The van der Waals surface area contributed by atoms with Crippen LogP contribution in [-0.2, 0) is 4.79 Å². The van der Waals surface area contributed by atoms with E-state index in [4.69, 9.17) is 0 Å². The number of carbonyl (C=O) groups excluding carboxylic acids is 2. The Morgan fingerprint density at radius 3 is 2.52 bits per heavy atom. The molecular formula is C22H20N2O2S. The van der Waals surface area contributed by atoms with Crippen molar-refractivity contribution in [3.63, 3.8) is 0 Å². The minimum absolute atomic E-state index is 0.0202. The van der Waals surface area contributed by atoms with Crippen molar-refractivity contribution in [1.82, 2.24) is 5.32 Å². The molecule has 0 aromatic heterocycles. The molecule has 2 amide bonds.